The molecule has 3 aromatic carbocycles. The van der Waals surface area contributed by atoms with E-state index in [0.29, 0.717) is 12.4 Å². The summed E-state index contributed by atoms with van der Waals surface area (Å²) in [7, 11) is -3.67. The summed E-state index contributed by atoms with van der Waals surface area (Å²) in [5.74, 6) is 0.304. The molecule has 0 radical (unpaired) electrons. The Morgan fingerprint density at radius 3 is 2.54 bits per heavy atom. The van der Waals surface area contributed by atoms with Crippen molar-refractivity contribution in [1.82, 2.24) is 9.78 Å². The first kappa shape index (κ1) is 18.3. The van der Waals surface area contributed by atoms with Gasteiger partial charge in [0.15, 0.2) is 5.82 Å². The topological polar surface area (TPSA) is 64.0 Å². The van der Waals surface area contributed by atoms with Gasteiger partial charge in [-0.25, -0.2) is 8.42 Å². The molecule has 1 aromatic heterocycles. The number of anilines is 1. The van der Waals surface area contributed by atoms with Gasteiger partial charge in [0, 0.05) is 12.3 Å². The van der Waals surface area contributed by atoms with Gasteiger partial charge in [-0.2, -0.15) is 5.10 Å². The van der Waals surface area contributed by atoms with Crippen molar-refractivity contribution < 1.29 is 8.42 Å². The minimum Gasteiger partial charge on any atom is -0.266 e. The van der Waals surface area contributed by atoms with E-state index in [4.69, 9.17) is 0 Å². The molecular weight excluding hydrogens is 370 g/mol. The third kappa shape index (κ3) is 3.64. The summed E-state index contributed by atoms with van der Waals surface area (Å²) in [5.41, 5.74) is 3.12. The second-order valence-electron chi connectivity index (χ2n) is 6.89. The Hall–Kier alpha value is -3.12. The normalized spacial score (nSPS) is 11.6. The molecule has 0 saturated heterocycles. The van der Waals surface area contributed by atoms with E-state index in [1.807, 2.05) is 38.1 Å². The van der Waals surface area contributed by atoms with Crippen LogP contribution in [0, 0.1) is 13.8 Å². The van der Waals surface area contributed by atoms with Gasteiger partial charge in [-0.3, -0.25) is 9.40 Å². The Kier molecular flexibility index (Phi) is 4.65. The molecule has 1 heterocycles. The second kappa shape index (κ2) is 7.13. The quantitative estimate of drug-likeness (QED) is 0.545. The van der Waals surface area contributed by atoms with E-state index in [0.717, 1.165) is 22.1 Å². The molecule has 1 N–H and O–H groups in total. The molecule has 6 heteroatoms. The molecule has 0 fully saturated rings. The highest BCUT2D eigenvalue weighted by molar-refractivity contribution is 7.92. The molecule has 0 bridgehead atoms. The van der Waals surface area contributed by atoms with Crippen LogP contribution in [0.15, 0.2) is 77.8 Å². The molecule has 0 aliphatic heterocycles. The minimum atomic E-state index is -3.67. The number of fused-ring (bicyclic) bond motifs is 1. The predicted molar refractivity (Wildman–Crippen MR) is 112 cm³/mol. The number of benzene rings is 3. The Labute approximate surface area is 164 Å². The molecule has 0 atom stereocenters. The lowest BCUT2D eigenvalue weighted by Crippen LogP contribution is -2.14. The second-order valence-corrected chi connectivity index (χ2v) is 8.57. The number of rotatable bonds is 5. The maximum absolute atomic E-state index is 12.6. The maximum atomic E-state index is 12.6. The van der Waals surface area contributed by atoms with Gasteiger partial charge in [-0.05, 0) is 53.4 Å². The fraction of sp³-hybridized carbons (Fsp3) is 0.136. The molecule has 0 aliphatic rings. The van der Waals surface area contributed by atoms with Gasteiger partial charge >= 0.3 is 0 Å². The predicted octanol–water partition coefficient (Wildman–Crippen LogP) is 4.50. The summed E-state index contributed by atoms with van der Waals surface area (Å²) in [6, 6.07) is 21.1. The SMILES string of the molecule is Cc1ccc(S(=O)(=O)Nc2ccn(Cc3cccc4ccccc34)n2)cc1C. The lowest BCUT2D eigenvalue weighted by atomic mass is 10.0. The Morgan fingerprint density at radius 1 is 0.929 bits per heavy atom. The van der Waals surface area contributed by atoms with Crippen molar-refractivity contribution in [3.8, 4) is 0 Å². The lowest BCUT2D eigenvalue weighted by molar-refractivity contribution is 0.600. The third-order valence-electron chi connectivity index (χ3n) is 4.88. The molecule has 28 heavy (non-hydrogen) atoms. The molecule has 142 valence electrons. The average Bonchev–Trinajstić information content (AvgIpc) is 3.10. The van der Waals surface area contributed by atoms with Gasteiger partial charge in [0.1, 0.15) is 0 Å². The molecule has 4 aromatic rings. The number of hydrogen-bond donors (Lipinski definition) is 1. The van der Waals surface area contributed by atoms with E-state index >= 15 is 0 Å². The minimum absolute atomic E-state index is 0.235. The van der Waals surface area contributed by atoms with Crippen molar-refractivity contribution in [1.29, 1.82) is 0 Å². The van der Waals surface area contributed by atoms with Crippen LogP contribution in [-0.2, 0) is 16.6 Å². The van der Waals surface area contributed by atoms with E-state index < -0.39 is 10.0 Å². The van der Waals surface area contributed by atoms with Crippen LogP contribution in [0.4, 0.5) is 5.82 Å². The highest BCUT2D eigenvalue weighted by Crippen LogP contribution is 2.21. The van der Waals surface area contributed by atoms with E-state index in [1.54, 1.807) is 29.1 Å². The number of aryl methyl sites for hydroxylation is 2. The van der Waals surface area contributed by atoms with Gasteiger partial charge in [0.05, 0.1) is 11.4 Å². The molecular formula is C22H21N3O2S. The van der Waals surface area contributed by atoms with Crippen molar-refractivity contribution in [2.24, 2.45) is 0 Å². The van der Waals surface area contributed by atoms with Crippen molar-refractivity contribution in [3.63, 3.8) is 0 Å². The highest BCUT2D eigenvalue weighted by atomic mass is 32.2. The van der Waals surface area contributed by atoms with Crippen LogP contribution in [0.3, 0.4) is 0 Å². The van der Waals surface area contributed by atoms with E-state index in [-0.39, 0.29) is 4.90 Å². The summed E-state index contributed by atoms with van der Waals surface area (Å²) in [4.78, 5) is 0.235. The number of hydrogen-bond acceptors (Lipinski definition) is 3. The highest BCUT2D eigenvalue weighted by Gasteiger charge is 2.16. The van der Waals surface area contributed by atoms with Gasteiger partial charge < -0.3 is 0 Å². The number of sulfonamides is 1. The molecule has 0 amide bonds. The van der Waals surface area contributed by atoms with E-state index in [2.05, 4.69) is 34.1 Å². The van der Waals surface area contributed by atoms with Gasteiger partial charge in [0.25, 0.3) is 10.0 Å². The fourth-order valence-electron chi connectivity index (χ4n) is 3.19. The monoisotopic (exact) mass is 391 g/mol. The van der Waals surface area contributed by atoms with Crippen molar-refractivity contribution in [2.75, 3.05) is 4.72 Å². The van der Waals surface area contributed by atoms with Crippen LogP contribution in [0.2, 0.25) is 0 Å². The smallest absolute Gasteiger partial charge is 0.263 e. The number of aromatic nitrogens is 2. The van der Waals surface area contributed by atoms with Crippen LogP contribution in [0.25, 0.3) is 10.8 Å². The van der Waals surface area contributed by atoms with Gasteiger partial charge in [0.2, 0.25) is 0 Å². The van der Waals surface area contributed by atoms with Crippen LogP contribution in [0.1, 0.15) is 16.7 Å². The first-order chi connectivity index (χ1) is 13.4. The summed E-state index contributed by atoms with van der Waals surface area (Å²) in [5, 5.41) is 6.72. The third-order valence-corrected chi connectivity index (χ3v) is 6.23. The summed E-state index contributed by atoms with van der Waals surface area (Å²) in [6.45, 7) is 4.41. The standard InChI is InChI=1S/C22H21N3O2S/c1-16-10-11-20(14-17(16)2)28(26,27)24-22-12-13-25(23-22)15-19-8-5-7-18-6-3-4-9-21(18)19/h3-14H,15H2,1-2H3,(H,23,24). The van der Waals surface area contributed by atoms with Gasteiger partial charge in [-0.15, -0.1) is 0 Å². The van der Waals surface area contributed by atoms with Crippen molar-refractivity contribution >= 4 is 26.6 Å². The van der Waals surface area contributed by atoms with Crippen molar-refractivity contribution in [3.05, 3.63) is 89.6 Å². The Balaban J connectivity index is 1.56. The molecule has 4 rings (SSSR count). The first-order valence-electron chi connectivity index (χ1n) is 9.02. The number of nitrogens with zero attached hydrogens (tertiary/aromatic N) is 2. The molecule has 5 nitrogen and oxygen atoms in total. The first-order valence-corrected chi connectivity index (χ1v) is 10.5. The maximum Gasteiger partial charge on any atom is 0.263 e. The Bertz CT molecular complexity index is 1250. The van der Waals surface area contributed by atoms with E-state index in [1.165, 1.54) is 5.39 Å². The largest absolute Gasteiger partial charge is 0.266 e. The van der Waals surface area contributed by atoms with Crippen LogP contribution in [-0.4, -0.2) is 18.2 Å². The summed E-state index contributed by atoms with van der Waals surface area (Å²) < 4.78 is 29.6. The molecule has 0 saturated carbocycles. The number of nitrogens with one attached hydrogen (secondary N) is 1. The molecule has 0 spiro atoms. The zero-order valence-corrected chi connectivity index (χ0v) is 16.6. The van der Waals surface area contributed by atoms with Crippen LogP contribution < -0.4 is 4.72 Å². The fourth-order valence-corrected chi connectivity index (χ4v) is 4.27. The zero-order chi connectivity index (χ0) is 19.7. The Morgan fingerprint density at radius 2 is 1.71 bits per heavy atom. The van der Waals surface area contributed by atoms with Crippen molar-refractivity contribution in [2.45, 2.75) is 25.3 Å². The van der Waals surface area contributed by atoms with Gasteiger partial charge in [-0.1, -0.05) is 48.5 Å². The molecule has 0 unspecified atom stereocenters. The van der Waals surface area contributed by atoms with E-state index in [9.17, 15) is 8.42 Å². The summed E-state index contributed by atoms with van der Waals surface area (Å²) in [6.07, 6.45) is 1.78. The summed E-state index contributed by atoms with van der Waals surface area (Å²) >= 11 is 0. The van der Waals surface area contributed by atoms with Crippen LogP contribution >= 0.6 is 0 Å². The van der Waals surface area contributed by atoms with Crippen LogP contribution in [0.5, 0.6) is 0 Å². The zero-order valence-electron chi connectivity index (χ0n) is 15.8. The lowest BCUT2D eigenvalue weighted by Gasteiger charge is -2.08. The average molecular weight is 391 g/mol. The molecule has 0 aliphatic carbocycles.